The van der Waals surface area contributed by atoms with Gasteiger partial charge in [-0.15, -0.1) is 0 Å². The summed E-state index contributed by atoms with van der Waals surface area (Å²) in [6.07, 6.45) is 1.70. The number of amides is 1. The molecule has 0 aliphatic carbocycles. The number of aryl methyl sites for hydroxylation is 1. The van der Waals surface area contributed by atoms with E-state index >= 15 is 0 Å². The number of ether oxygens (including phenoxy) is 1. The van der Waals surface area contributed by atoms with Crippen molar-refractivity contribution in [2.75, 3.05) is 18.6 Å². The Morgan fingerprint density at radius 1 is 1.29 bits per heavy atom. The fourth-order valence-corrected chi connectivity index (χ4v) is 2.95. The Balaban J connectivity index is 1.71. The first-order valence-electron chi connectivity index (χ1n) is 7.79. The van der Waals surface area contributed by atoms with E-state index in [-0.39, 0.29) is 11.6 Å². The average Bonchev–Trinajstić information content (AvgIpc) is 3.03. The first-order chi connectivity index (χ1) is 11.6. The van der Waals surface area contributed by atoms with E-state index in [1.54, 1.807) is 18.1 Å². The molecule has 6 heteroatoms. The SMILES string of the molecule is COc1cccc(CCC(=O)N2CCc3ccc([N+](=O)[O-])cc32)c1. The van der Waals surface area contributed by atoms with Gasteiger partial charge in [0.15, 0.2) is 0 Å². The minimum atomic E-state index is -0.433. The van der Waals surface area contributed by atoms with Gasteiger partial charge in [-0.25, -0.2) is 0 Å². The number of fused-ring (bicyclic) bond motifs is 1. The Morgan fingerprint density at radius 2 is 2.12 bits per heavy atom. The number of carbonyl (C=O) groups is 1. The third-order valence-corrected chi connectivity index (χ3v) is 4.24. The molecule has 2 aromatic rings. The summed E-state index contributed by atoms with van der Waals surface area (Å²) < 4.78 is 5.18. The Labute approximate surface area is 139 Å². The molecule has 6 nitrogen and oxygen atoms in total. The number of anilines is 1. The molecule has 0 atom stereocenters. The van der Waals surface area contributed by atoms with Gasteiger partial charge in [0.1, 0.15) is 5.75 Å². The number of nitro benzene ring substituents is 1. The molecule has 0 radical (unpaired) electrons. The summed E-state index contributed by atoms with van der Waals surface area (Å²) >= 11 is 0. The van der Waals surface area contributed by atoms with Crippen molar-refractivity contribution in [3.63, 3.8) is 0 Å². The van der Waals surface area contributed by atoms with Crippen LogP contribution in [0.15, 0.2) is 42.5 Å². The van der Waals surface area contributed by atoms with Crippen molar-refractivity contribution in [1.29, 1.82) is 0 Å². The summed E-state index contributed by atoms with van der Waals surface area (Å²) in [5.74, 6) is 0.749. The molecule has 0 saturated heterocycles. The molecule has 124 valence electrons. The summed E-state index contributed by atoms with van der Waals surface area (Å²) in [7, 11) is 1.61. The number of carbonyl (C=O) groups excluding carboxylic acids is 1. The van der Waals surface area contributed by atoms with Gasteiger partial charge in [0.25, 0.3) is 5.69 Å². The Hall–Kier alpha value is -2.89. The van der Waals surface area contributed by atoms with Crippen LogP contribution in [0.4, 0.5) is 11.4 Å². The van der Waals surface area contributed by atoms with Gasteiger partial charge >= 0.3 is 0 Å². The molecule has 1 amide bonds. The Bertz CT molecular complexity index is 788. The van der Waals surface area contributed by atoms with E-state index in [9.17, 15) is 14.9 Å². The first-order valence-corrected chi connectivity index (χ1v) is 7.79. The van der Waals surface area contributed by atoms with Crippen LogP contribution in [0, 0.1) is 10.1 Å². The van der Waals surface area contributed by atoms with Crippen LogP contribution in [0.3, 0.4) is 0 Å². The third kappa shape index (κ3) is 3.22. The molecule has 1 aliphatic rings. The van der Waals surface area contributed by atoms with Gasteiger partial charge in [-0.3, -0.25) is 14.9 Å². The molecule has 0 saturated carbocycles. The number of benzene rings is 2. The van der Waals surface area contributed by atoms with Gasteiger partial charge in [0, 0.05) is 25.1 Å². The molecule has 0 bridgehead atoms. The molecular formula is C18H18N2O4. The van der Waals surface area contributed by atoms with Gasteiger partial charge in [-0.05, 0) is 36.1 Å². The number of hydrogen-bond acceptors (Lipinski definition) is 4. The molecule has 24 heavy (non-hydrogen) atoms. The van der Waals surface area contributed by atoms with Crippen LogP contribution < -0.4 is 9.64 Å². The normalized spacial score (nSPS) is 12.8. The van der Waals surface area contributed by atoms with Crippen LogP contribution >= 0.6 is 0 Å². The number of hydrogen-bond donors (Lipinski definition) is 0. The van der Waals surface area contributed by atoms with Crippen LogP contribution in [0.2, 0.25) is 0 Å². The van der Waals surface area contributed by atoms with E-state index in [2.05, 4.69) is 0 Å². The lowest BCUT2D eigenvalue weighted by Gasteiger charge is -2.17. The summed E-state index contributed by atoms with van der Waals surface area (Å²) in [5, 5.41) is 10.9. The number of non-ortho nitro benzene ring substituents is 1. The first kappa shape index (κ1) is 16.0. The minimum absolute atomic E-state index is 0.0150. The number of rotatable bonds is 5. The molecule has 1 aliphatic heterocycles. The maximum absolute atomic E-state index is 12.5. The highest BCUT2D eigenvalue weighted by molar-refractivity contribution is 5.96. The molecule has 0 spiro atoms. The van der Waals surface area contributed by atoms with Crippen molar-refractivity contribution in [3.05, 3.63) is 63.7 Å². The molecule has 1 heterocycles. The van der Waals surface area contributed by atoms with Crippen molar-refractivity contribution in [2.45, 2.75) is 19.3 Å². The molecular weight excluding hydrogens is 308 g/mol. The molecule has 3 rings (SSSR count). The molecule has 0 N–H and O–H groups in total. The highest BCUT2D eigenvalue weighted by Gasteiger charge is 2.26. The fourth-order valence-electron chi connectivity index (χ4n) is 2.95. The van der Waals surface area contributed by atoms with Crippen molar-refractivity contribution in [2.24, 2.45) is 0 Å². The monoisotopic (exact) mass is 326 g/mol. The predicted molar refractivity (Wildman–Crippen MR) is 90.5 cm³/mol. The quantitative estimate of drug-likeness (QED) is 0.625. The fraction of sp³-hybridized carbons (Fsp3) is 0.278. The minimum Gasteiger partial charge on any atom is -0.497 e. The van der Waals surface area contributed by atoms with E-state index in [0.29, 0.717) is 25.1 Å². The van der Waals surface area contributed by atoms with Crippen LogP contribution in [0.5, 0.6) is 5.75 Å². The van der Waals surface area contributed by atoms with E-state index in [4.69, 9.17) is 4.74 Å². The predicted octanol–water partition coefficient (Wildman–Crippen LogP) is 3.13. The van der Waals surface area contributed by atoms with Crippen molar-refractivity contribution >= 4 is 17.3 Å². The zero-order valence-corrected chi connectivity index (χ0v) is 13.4. The number of methoxy groups -OCH3 is 1. The van der Waals surface area contributed by atoms with E-state index in [1.807, 2.05) is 24.3 Å². The summed E-state index contributed by atoms with van der Waals surface area (Å²) in [6, 6.07) is 12.3. The smallest absolute Gasteiger partial charge is 0.271 e. The van der Waals surface area contributed by atoms with Gasteiger partial charge in [-0.2, -0.15) is 0 Å². The van der Waals surface area contributed by atoms with Gasteiger partial charge < -0.3 is 9.64 Å². The van der Waals surface area contributed by atoms with Gasteiger partial charge in [0.05, 0.1) is 17.7 Å². The van der Waals surface area contributed by atoms with Crippen LogP contribution in [-0.4, -0.2) is 24.5 Å². The maximum atomic E-state index is 12.5. The van der Waals surface area contributed by atoms with Crippen molar-refractivity contribution < 1.29 is 14.5 Å². The lowest BCUT2D eigenvalue weighted by molar-refractivity contribution is -0.384. The molecule has 0 unspecified atom stereocenters. The van der Waals surface area contributed by atoms with Crippen LogP contribution in [-0.2, 0) is 17.6 Å². The molecule has 0 aromatic heterocycles. The lowest BCUT2D eigenvalue weighted by atomic mass is 10.1. The number of nitrogens with zero attached hydrogens (tertiary/aromatic N) is 2. The Kier molecular flexibility index (Phi) is 4.46. The second kappa shape index (κ2) is 6.70. The van der Waals surface area contributed by atoms with E-state index < -0.39 is 4.92 Å². The van der Waals surface area contributed by atoms with E-state index in [1.165, 1.54) is 12.1 Å². The summed E-state index contributed by atoms with van der Waals surface area (Å²) in [5.41, 5.74) is 2.69. The third-order valence-electron chi connectivity index (χ3n) is 4.24. The van der Waals surface area contributed by atoms with Crippen LogP contribution in [0.25, 0.3) is 0 Å². The topological polar surface area (TPSA) is 72.7 Å². The largest absolute Gasteiger partial charge is 0.497 e. The zero-order valence-electron chi connectivity index (χ0n) is 13.4. The Morgan fingerprint density at radius 3 is 2.88 bits per heavy atom. The zero-order chi connectivity index (χ0) is 17.1. The summed E-state index contributed by atoms with van der Waals surface area (Å²) in [6.45, 7) is 0.577. The van der Waals surface area contributed by atoms with Gasteiger partial charge in [-0.1, -0.05) is 18.2 Å². The average molecular weight is 326 g/mol. The maximum Gasteiger partial charge on any atom is 0.271 e. The van der Waals surface area contributed by atoms with Gasteiger partial charge in [0.2, 0.25) is 5.91 Å². The molecule has 0 fully saturated rings. The highest BCUT2D eigenvalue weighted by Crippen LogP contribution is 2.32. The second-order valence-electron chi connectivity index (χ2n) is 5.72. The van der Waals surface area contributed by atoms with Crippen molar-refractivity contribution in [1.82, 2.24) is 0 Å². The lowest BCUT2D eigenvalue weighted by Crippen LogP contribution is -2.29. The van der Waals surface area contributed by atoms with Crippen LogP contribution in [0.1, 0.15) is 17.5 Å². The number of nitro groups is 1. The molecule has 2 aromatic carbocycles. The second-order valence-corrected chi connectivity index (χ2v) is 5.72. The van der Waals surface area contributed by atoms with Crippen molar-refractivity contribution in [3.8, 4) is 5.75 Å². The van der Waals surface area contributed by atoms with E-state index in [0.717, 1.165) is 23.3 Å². The highest BCUT2D eigenvalue weighted by atomic mass is 16.6. The summed E-state index contributed by atoms with van der Waals surface area (Å²) in [4.78, 5) is 24.7. The standard InChI is InChI=1S/C18H18N2O4/c1-24-16-4-2-3-13(11-16)5-8-18(21)19-10-9-14-6-7-15(20(22)23)12-17(14)19/h2-4,6-7,11-12H,5,8-10H2,1H3.